The number of nitrogens with zero attached hydrogens (tertiary/aromatic N) is 3. The first kappa shape index (κ1) is 12.6. The van der Waals surface area contributed by atoms with Crippen molar-refractivity contribution in [3.8, 4) is 5.69 Å². The Morgan fingerprint density at radius 1 is 1.44 bits per heavy atom. The minimum absolute atomic E-state index is 0.00967. The van der Waals surface area contributed by atoms with Crippen LogP contribution in [0, 0.1) is 17.0 Å². The third-order valence-electron chi connectivity index (χ3n) is 2.79. The summed E-state index contributed by atoms with van der Waals surface area (Å²) in [6.45, 7) is 3.83. The van der Waals surface area contributed by atoms with Crippen molar-refractivity contribution in [2.75, 3.05) is 0 Å². The van der Waals surface area contributed by atoms with Gasteiger partial charge in [0.1, 0.15) is 10.8 Å². The Labute approximate surface area is 109 Å². The molecule has 0 spiro atoms. The SMILES string of the molecule is CCc1nn(-c2ccccc2[N+](=O)[O-])c(Cl)c1C. The molecule has 0 saturated carbocycles. The second-order valence-corrected chi connectivity index (χ2v) is 4.23. The molecule has 0 atom stereocenters. The Kier molecular flexibility index (Phi) is 3.34. The van der Waals surface area contributed by atoms with Crippen molar-refractivity contribution >= 4 is 17.3 Å². The normalized spacial score (nSPS) is 10.6. The van der Waals surface area contributed by atoms with Crippen molar-refractivity contribution in [1.29, 1.82) is 0 Å². The quantitative estimate of drug-likeness (QED) is 0.632. The van der Waals surface area contributed by atoms with Gasteiger partial charge in [-0.05, 0) is 19.4 Å². The zero-order valence-corrected chi connectivity index (χ0v) is 10.8. The zero-order valence-electron chi connectivity index (χ0n) is 10.1. The Morgan fingerprint density at radius 3 is 2.67 bits per heavy atom. The predicted molar refractivity (Wildman–Crippen MR) is 69.3 cm³/mol. The van der Waals surface area contributed by atoms with Crippen LogP contribution in [0.25, 0.3) is 5.69 Å². The monoisotopic (exact) mass is 265 g/mol. The van der Waals surface area contributed by atoms with Crippen LogP contribution in [0.1, 0.15) is 18.2 Å². The number of para-hydroxylation sites is 2. The van der Waals surface area contributed by atoms with E-state index in [-0.39, 0.29) is 5.69 Å². The molecular weight excluding hydrogens is 254 g/mol. The van der Waals surface area contributed by atoms with Crippen molar-refractivity contribution in [2.24, 2.45) is 0 Å². The molecule has 0 aliphatic carbocycles. The van der Waals surface area contributed by atoms with Gasteiger partial charge in [-0.1, -0.05) is 30.7 Å². The highest BCUT2D eigenvalue weighted by atomic mass is 35.5. The van der Waals surface area contributed by atoms with Crippen LogP contribution in [0.15, 0.2) is 24.3 Å². The maximum atomic E-state index is 11.0. The van der Waals surface area contributed by atoms with E-state index in [1.54, 1.807) is 18.2 Å². The van der Waals surface area contributed by atoms with Crippen molar-refractivity contribution < 1.29 is 4.92 Å². The van der Waals surface area contributed by atoms with Gasteiger partial charge in [0, 0.05) is 11.6 Å². The van der Waals surface area contributed by atoms with Crippen molar-refractivity contribution in [2.45, 2.75) is 20.3 Å². The van der Waals surface area contributed by atoms with Gasteiger partial charge in [0.2, 0.25) is 0 Å². The first-order valence-electron chi connectivity index (χ1n) is 5.54. The molecule has 0 amide bonds. The molecule has 94 valence electrons. The van der Waals surface area contributed by atoms with Gasteiger partial charge in [0.05, 0.1) is 10.6 Å². The van der Waals surface area contributed by atoms with Gasteiger partial charge in [-0.25, -0.2) is 4.68 Å². The predicted octanol–water partition coefficient (Wildman–Crippen LogP) is 3.30. The number of hydrogen-bond acceptors (Lipinski definition) is 3. The molecule has 0 N–H and O–H groups in total. The molecule has 0 saturated heterocycles. The van der Waals surface area contributed by atoms with Gasteiger partial charge >= 0.3 is 0 Å². The van der Waals surface area contributed by atoms with Crippen LogP contribution in [-0.4, -0.2) is 14.7 Å². The topological polar surface area (TPSA) is 61.0 Å². The molecule has 18 heavy (non-hydrogen) atoms. The first-order chi connectivity index (χ1) is 8.56. The Morgan fingerprint density at radius 2 is 2.11 bits per heavy atom. The van der Waals surface area contributed by atoms with E-state index in [9.17, 15) is 10.1 Å². The molecule has 0 fully saturated rings. The lowest BCUT2D eigenvalue weighted by Gasteiger charge is -2.03. The lowest BCUT2D eigenvalue weighted by molar-refractivity contribution is -0.384. The Bertz CT molecular complexity index is 607. The van der Waals surface area contributed by atoms with Crippen LogP contribution >= 0.6 is 11.6 Å². The second kappa shape index (κ2) is 4.78. The van der Waals surface area contributed by atoms with E-state index in [1.165, 1.54) is 10.7 Å². The van der Waals surface area contributed by atoms with Gasteiger partial charge in [0.15, 0.2) is 0 Å². The smallest absolute Gasteiger partial charge is 0.258 e. The second-order valence-electron chi connectivity index (χ2n) is 3.87. The zero-order chi connectivity index (χ0) is 13.3. The van der Waals surface area contributed by atoms with E-state index in [4.69, 9.17) is 11.6 Å². The Hall–Kier alpha value is -1.88. The fourth-order valence-electron chi connectivity index (χ4n) is 1.81. The summed E-state index contributed by atoms with van der Waals surface area (Å²) in [7, 11) is 0. The van der Waals surface area contributed by atoms with Crippen LogP contribution in [0.4, 0.5) is 5.69 Å². The summed E-state index contributed by atoms with van der Waals surface area (Å²) in [4.78, 5) is 10.6. The lowest BCUT2D eigenvalue weighted by Crippen LogP contribution is -2.02. The molecule has 6 heteroatoms. The summed E-state index contributed by atoms with van der Waals surface area (Å²) in [6.07, 6.45) is 0.735. The first-order valence-corrected chi connectivity index (χ1v) is 5.91. The molecule has 0 aliphatic rings. The Balaban J connectivity index is 2.66. The highest BCUT2D eigenvalue weighted by Gasteiger charge is 2.19. The van der Waals surface area contributed by atoms with Crippen molar-refractivity contribution in [3.63, 3.8) is 0 Å². The molecule has 1 aromatic carbocycles. The van der Waals surface area contributed by atoms with E-state index in [2.05, 4.69) is 5.10 Å². The molecule has 0 radical (unpaired) electrons. The highest BCUT2D eigenvalue weighted by molar-refractivity contribution is 6.30. The number of hydrogen-bond donors (Lipinski definition) is 0. The van der Waals surface area contributed by atoms with E-state index in [1.807, 2.05) is 13.8 Å². The van der Waals surface area contributed by atoms with Gasteiger partial charge in [0.25, 0.3) is 5.69 Å². The van der Waals surface area contributed by atoms with Crippen molar-refractivity contribution in [3.05, 3.63) is 50.8 Å². The van der Waals surface area contributed by atoms with Crippen LogP contribution in [0.3, 0.4) is 0 Å². The summed E-state index contributed by atoms with van der Waals surface area (Å²) in [5.74, 6) is 0. The maximum absolute atomic E-state index is 11.0. The number of aryl methyl sites for hydroxylation is 1. The van der Waals surface area contributed by atoms with Crippen LogP contribution < -0.4 is 0 Å². The van der Waals surface area contributed by atoms with Crippen LogP contribution in [-0.2, 0) is 6.42 Å². The summed E-state index contributed by atoms with van der Waals surface area (Å²) in [5.41, 5.74) is 2.08. The van der Waals surface area contributed by atoms with Crippen LogP contribution in [0.5, 0.6) is 0 Å². The number of nitro benzene ring substituents is 1. The number of benzene rings is 1. The molecule has 0 unspecified atom stereocenters. The molecular formula is C12H12ClN3O2. The largest absolute Gasteiger partial charge is 0.294 e. The number of halogens is 1. The number of nitro groups is 1. The van der Waals surface area contributed by atoms with E-state index >= 15 is 0 Å². The summed E-state index contributed by atoms with van der Waals surface area (Å²) >= 11 is 6.18. The summed E-state index contributed by atoms with van der Waals surface area (Å²) in [5, 5.41) is 15.7. The molecule has 1 heterocycles. The fraction of sp³-hybridized carbons (Fsp3) is 0.250. The highest BCUT2D eigenvalue weighted by Crippen LogP contribution is 2.28. The average Bonchev–Trinajstić information content (AvgIpc) is 2.66. The molecule has 0 aliphatic heterocycles. The fourth-order valence-corrected chi connectivity index (χ4v) is 2.05. The van der Waals surface area contributed by atoms with E-state index in [0.717, 1.165) is 17.7 Å². The van der Waals surface area contributed by atoms with Crippen LogP contribution in [0.2, 0.25) is 5.15 Å². The minimum Gasteiger partial charge on any atom is -0.258 e. The summed E-state index contributed by atoms with van der Waals surface area (Å²) < 4.78 is 1.42. The maximum Gasteiger partial charge on any atom is 0.294 e. The standard InChI is InChI=1S/C12H12ClN3O2/c1-3-9-8(2)12(13)15(14-9)10-6-4-5-7-11(10)16(17)18/h4-7H,3H2,1-2H3. The molecule has 5 nitrogen and oxygen atoms in total. The van der Waals surface area contributed by atoms with Gasteiger partial charge in [-0.3, -0.25) is 10.1 Å². The third-order valence-corrected chi connectivity index (χ3v) is 3.23. The van der Waals surface area contributed by atoms with E-state index < -0.39 is 4.92 Å². The molecule has 0 bridgehead atoms. The summed E-state index contributed by atoms with van der Waals surface area (Å²) in [6, 6.07) is 6.41. The van der Waals surface area contributed by atoms with E-state index in [0.29, 0.717) is 10.8 Å². The average molecular weight is 266 g/mol. The molecule has 1 aromatic heterocycles. The van der Waals surface area contributed by atoms with Crippen molar-refractivity contribution in [1.82, 2.24) is 9.78 Å². The van der Waals surface area contributed by atoms with Gasteiger partial charge < -0.3 is 0 Å². The lowest BCUT2D eigenvalue weighted by atomic mass is 10.2. The number of rotatable bonds is 3. The molecule has 2 rings (SSSR count). The van der Waals surface area contributed by atoms with Gasteiger partial charge in [-0.15, -0.1) is 0 Å². The molecule has 2 aromatic rings. The minimum atomic E-state index is -0.436. The number of aromatic nitrogens is 2. The third kappa shape index (κ3) is 1.97. The van der Waals surface area contributed by atoms with Gasteiger partial charge in [-0.2, -0.15) is 5.10 Å².